The number of aromatic nitrogens is 5. The first kappa shape index (κ1) is 12.0. The van der Waals surface area contributed by atoms with Crippen molar-refractivity contribution in [1.29, 1.82) is 0 Å². The molecule has 0 aliphatic rings. The standard InChI is InChI=1S/C12H13ClN6/c1-6-9(5-19(3)18-6)16-12-15-7(2)10-8(13)4-14-11(10)17-12/h4-5H,1-3H3,(H2,14,15,16,17). The van der Waals surface area contributed by atoms with Gasteiger partial charge in [-0.05, 0) is 13.8 Å². The molecule has 0 atom stereocenters. The number of aromatic amines is 1. The summed E-state index contributed by atoms with van der Waals surface area (Å²) in [5.41, 5.74) is 3.34. The highest BCUT2D eigenvalue weighted by atomic mass is 35.5. The van der Waals surface area contributed by atoms with Gasteiger partial charge >= 0.3 is 0 Å². The van der Waals surface area contributed by atoms with Gasteiger partial charge in [0.2, 0.25) is 5.95 Å². The molecule has 0 radical (unpaired) electrons. The predicted molar refractivity (Wildman–Crippen MR) is 74.9 cm³/mol. The Hall–Kier alpha value is -2.08. The first-order valence-corrected chi connectivity index (χ1v) is 6.21. The highest BCUT2D eigenvalue weighted by Crippen LogP contribution is 2.26. The Morgan fingerprint density at radius 1 is 1.26 bits per heavy atom. The Morgan fingerprint density at radius 2 is 2.05 bits per heavy atom. The molecule has 0 aromatic carbocycles. The van der Waals surface area contributed by atoms with E-state index < -0.39 is 0 Å². The van der Waals surface area contributed by atoms with Crippen LogP contribution in [-0.2, 0) is 7.05 Å². The first-order chi connectivity index (χ1) is 9.04. The Bertz CT molecular complexity index is 757. The molecule has 0 saturated heterocycles. The second-order valence-corrected chi connectivity index (χ2v) is 4.83. The second kappa shape index (κ2) is 4.24. The van der Waals surface area contributed by atoms with Crippen molar-refractivity contribution in [3.8, 4) is 0 Å². The molecule has 0 unspecified atom stereocenters. The zero-order chi connectivity index (χ0) is 13.6. The van der Waals surface area contributed by atoms with Gasteiger partial charge in [-0.3, -0.25) is 4.68 Å². The first-order valence-electron chi connectivity index (χ1n) is 5.83. The van der Waals surface area contributed by atoms with Crippen molar-refractivity contribution in [2.75, 3.05) is 5.32 Å². The largest absolute Gasteiger partial charge is 0.344 e. The average molecular weight is 277 g/mol. The molecule has 19 heavy (non-hydrogen) atoms. The quantitative estimate of drug-likeness (QED) is 0.755. The average Bonchev–Trinajstić information content (AvgIpc) is 2.83. The van der Waals surface area contributed by atoms with Crippen LogP contribution in [-0.4, -0.2) is 24.7 Å². The summed E-state index contributed by atoms with van der Waals surface area (Å²) in [5.74, 6) is 0.527. The summed E-state index contributed by atoms with van der Waals surface area (Å²) in [6, 6.07) is 0. The van der Waals surface area contributed by atoms with Gasteiger partial charge < -0.3 is 10.3 Å². The summed E-state index contributed by atoms with van der Waals surface area (Å²) < 4.78 is 1.74. The van der Waals surface area contributed by atoms with Crippen LogP contribution in [0, 0.1) is 13.8 Å². The molecule has 0 amide bonds. The van der Waals surface area contributed by atoms with E-state index in [1.165, 1.54) is 0 Å². The summed E-state index contributed by atoms with van der Waals surface area (Å²) in [5, 5.41) is 8.92. The smallest absolute Gasteiger partial charge is 0.229 e. The maximum Gasteiger partial charge on any atom is 0.229 e. The van der Waals surface area contributed by atoms with Crippen LogP contribution in [0.15, 0.2) is 12.4 Å². The molecule has 3 heterocycles. The molecular formula is C12H13ClN6. The Balaban J connectivity index is 2.04. The lowest BCUT2D eigenvalue weighted by Crippen LogP contribution is -1.99. The van der Waals surface area contributed by atoms with Crippen LogP contribution in [0.4, 0.5) is 11.6 Å². The maximum atomic E-state index is 6.07. The van der Waals surface area contributed by atoms with Crippen molar-refractivity contribution in [1.82, 2.24) is 24.7 Å². The predicted octanol–water partition coefficient (Wildman–Crippen LogP) is 2.71. The molecule has 2 N–H and O–H groups in total. The monoisotopic (exact) mass is 276 g/mol. The molecule has 3 aromatic heterocycles. The third-order valence-electron chi connectivity index (χ3n) is 2.92. The number of nitrogens with zero attached hydrogens (tertiary/aromatic N) is 4. The SMILES string of the molecule is Cc1nn(C)cc1Nc1nc(C)c2c(Cl)c[nH]c2n1. The van der Waals surface area contributed by atoms with Gasteiger partial charge in [0.1, 0.15) is 5.65 Å². The van der Waals surface area contributed by atoms with Gasteiger partial charge in [0.15, 0.2) is 0 Å². The number of nitrogens with one attached hydrogen (secondary N) is 2. The van der Waals surface area contributed by atoms with Crippen molar-refractivity contribution in [3.05, 3.63) is 28.8 Å². The molecule has 3 rings (SSSR count). The van der Waals surface area contributed by atoms with Gasteiger partial charge in [-0.1, -0.05) is 11.6 Å². The van der Waals surface area contributed by atoms with Crippen LogP contribution in [0.1, 0.15) is 11.4 Å². The van der Waals surface area contributed by atoms with Crippen LogP contribution >= 0.6 is 11.6 Å². The number of rotatable bonds is 2. The highest BCUT2D eigenvalue weighted by molar-refractivity contribution is 6.35. The Morgan fingerprint density at radius 3 is 2.74 bits per heavy atom. The minimum atomic E-state index is 0.527. The molecule has 0 aliphatic carbocycles. The summed E-state index contributed by atoms with van der Waals surface area (Å²) in [7, 11) is 1.87. The van der Waals surface area contributed by atoms with Gasteiger partial charge in [-0.2, -0.15) is 10.1 Å². The van der Waals surface area contributed by atoms with E-state index in [4.69, 9.17) is 11.6 Å². The Labute approximate surface area is 114 Å². The molecule has 0 fully saturated rings. The third kappa shape index (κ3) is 2.04. The molecule has 0 spiro atoms. The van der Waals surface area contributed by atoms with Crippen molar-refractivity contribution in [3.63, 3.8) is 0 Å². The number of fused-ring (bicyclic) bond motifs is 1. The van der Waals surface area contributed by atoms with E-state index in [-0.39, 0.29) is 0 Å². The molecule has 7 heteroatoms. The minimum Gasteiger partial charge on any atom is -0.344 e. The molecule has 0 bridgehead atoms. The van der Waals surface area contributed by atoms with Gasteiger partial charge in [-0.15, -0.1) is 0 Å². The van der Waals surface area contributed by atoms with Gasteiger partial charge in [0.25, 0.3) is 0 Å². The molecule has 3 aromatic rings. The molecule has 0 aliphatic heterocycles. The number of hydrogen-bond acceptors (Lipinski definition) is 4. The molecule has 6 nitrogen and oxygen atoms in total. The van der Waals surface area contributed by atoms with Crippen molar-refractivity contribution in [2.24, 2.45) is 7.05 Å². The lowest BCUT2D eigenvalue weighted by molar-refractivity contribution is 0.756. The zero-order valence-corrected chi connectivity index (χ0v) is 11.6. The number of aryl methyl sites for hydroxylation is 3. The van der Waals surface area contributed by atoms with Crippen molar-refractivity contribution >= 4 is 34.3 Å². The van der Waals surface area contributed by atoms with E-state index in [1.54, 1.807) is 10.9 Å². The van der Waals surface area contributed by atoms with E-state index in [0.717, 1.165) is 28.1 Å². The summed E-state index contributed by atoms with van der Waals surface area (Å²) in [6.07, 6.45) is 3.60. The molecule has 0 saturated carbocycles. The van der Waals surface area contributed by atoms with Crippen LogP contribution in [0.5, 0.6) is 0 Å². The summed E-state index contributed by atoms with van der Waals surface area (Å²) >= 11 is 6.07. The number of hydrogen-bond donors (Lipinski definition) is 2. The Kier molecular flexibility index (Phi) is 2.67. The van der Waals surface area contributed by atoms with E-state index in [9.17, 15) is 0 Å². The number of H-pyrrole nitrogens is 1. The maximum absolute atomic E-state index is 6.07. The van der Waals surface area contributed by atoms with E-state index in [0.29, 0.717) is 11.0 Å². The van der Waals surface area contributed by atoms with Gasteiger partial charge in [0, 0.05) is 19.4 Å². The van der Waals surface area contributed by atoms with Crippen molar-refractivity contribution < 1.29 is 0 Å². The summed E-state index contributed by atoms with van der Waals surface area (Å²) in [4.78, 5) is 11.9. The third-order valence-corrected chi connectivity index (χ3v) is 3.22. The van der Waals surface area contributed by atoms with E-state index >= 15 is 0 Å². The van der Waals surface area contributed by atoms with Gasteiger partial charge in [0.05, 0.1) is 27.5 Å². The minimum absolute atomic E-state index is 0.527. The summed E-state index contributed by atoms with van der Waals surface area (Å²) in [6.45, 7) is 3.84. The number of halogens is 1. The fourth-order valence-corrected chi connectivity index (χ4v) is 2.35. The lowest BCUT2D eigenvalue weighted by atomic mass is 10.3. The van der Waals surface area contributed by atoms with Gasteiger partial charge in [-0.25, -0.2) is 4.98 Å². The normalized spacial score (nSPS) is 11.2. The fraction of sp³-hybridized carbons (Fsp3) is 0.250. The highest BCUT2D eigenvalue weighted by Gasteiger charge is 2.11. The second-order valence-electron chi connectivity index (χ2n) is 4.42. The topological polar surface area (TPSA) is 71.4 Å². The fourth-order valence-electron chi connectivity index (χ4n) is 2.07. The van der Waals surface area contributed by atoms with Crippen LogP contribution < -0.4 is 5.32 Å². The van der Waals surface area contributed by atoms with Crippen LogP contribution in [0.3, 0.4) is 0 Å². The van der Waals surface area contributed by atoms with Crippen LogP contribution in [0.25, 0.3) is 11.0 Å². The van der Waals surface area contributed by atoms with E-state index in [2.05, 4.69) is 25.4 Å². The van der Waals surface area contributed by atoms with Crippen LogP contribution in [0.2, 0.25) is 5.02 Å². The zero-order valence-electron chi connectivity index (χ0n) is 10.8. The number of anilines is 2. The van der Waals surface area contributed by atoms with Crippen molar-refractivity contribution in [2.45, 2.75) is 13.8 Å². The van der Waals surface area contributed by atoms with E-state index in [1.807, 2.05) is 27.1 Å². The molecular weight excluding hydrogens is 264 g/mol. The lowest BCUT2D eigenvalue weighted by Gasteiger charge is -2.04. The molecule has 98 valence electrons.